The summed E-state index contributed by atoms with van der Waals surface area (Å²) in [6, 6.07) is 7.47. The van der Waals surface area contributed by atoms with Crippen LogP contribution in [-0.4, -0.2) is 62.0 Å². The highest BCUT2D eigenvalue weighted by Crippen LogP contribution is 2.21. The smallest absolute Gasteiger partial charge is 0.237 e. The van der Waals surface area contributed by atoms with Crippen molar-refractivity contribution < 1.29 is 14.3 Å². The molecule has 6 heteroatoms. The van der Waals surface area contributed by atoms with E-state index in [1.807, 2.05) is 31.2 Å². The summed E-state index contributed by atoms with van der Waals surface area (Å²) >= 11 is 0. The second kappa shape index (κ2) is 8.85. The molecule has 1 aromatic carbocycles. The summed E-state index contributed by atoms with van der Waals surface area (Å²) in [7, 11) is 5.22. The minimum Gasteiger partial charge on any atom is -0.496 e. The van der Waals surface area contributed by atoms with Gasteiger partial charge in [0.25, 0.3) is 0 Å². The summed E-state index contributed by atoms with van der Waals surface area (Å²) in [5.74, 6) is 1.05. The van der Waals surface area contributed by atoms with Crippen LogP contribution in [0.4, 0.5) is 0 Å². The average molecular weight is 347 g/mol. The molecule has 0 spiro atoms. The standard InChI is InChI=1S/C19H29N3O3/c1-14(22-11-9-15(10-12-22)19(24)21(2)3)18(23)20-13-16-7-5-6-8-17(16)25-4/h5-8,14-15H,9-13H2,1-4H3,(H,20,23). The summed E-state index contributed by atoms with van der Waals surface area (Å²) in [5, 5.41) is 2.99. The molecule has 1 N–H and O–H groups in total. The van der Waals surface area contributed by atoms with Crippen molar-refractivity contribution in [2.45, 2.75) is 32.4 Å². The summed E-state index contributed by atoms with van der Waals surface area (Å²) in [5.41, 5.74) is 0.959. The van der Waals surface area contributed by atoms with Gasteiger partial charge in [-0.05, 0) is 38.9 Å². The quantitative estimate of drug-likeness (QED) is 0.847. The Hall–Kier alpha value is -2.08. The highest BCUT2D eigenvalue weighted by molar-refractivity contribution is 5.81. The highest BCUT2D eigenvalue weighted by atomic mass is 16.5. The lowest BCUT2D eigenvalue weighted by Gasteiger charge is -2.35. The zero-order valence-corrected chi connectivity index (χ0v) is 15.6. The number of nitrogens with one attached hydrogen (secondary N) is 1. The van der Waals surface area contributed by atoms with Crippen LogP contribution in [0.5, 0.6) is 5.75 Å². The molecule has 0 bridgehead atoms. The first kappa shape index (κ1) is 19.2. The number of hydrogen-bond donors (Lipinski definition) is 1. The minimum atomic E-state index is -0.204. The van der Waals surface area contributed by atoms with E-state index in [0.717, 1.165) is 37.2 Å². The van der Waals surface area contributed by atoms with E-state index in [9.17, 15) is 9.59 Å². The molecule has 138 valence electrons. The first-order chi connectivity index (χ1) is 11.9. The lowest BCUT2D eigenvalue weighted by Crippen LogP contribution is -2.49. The Kier molecular flexibility index (Phi) is 6.82. The molecule has 1 atom stereocenters. The number of methoxy groups -OCH3 is 1. The van der Waals surface area contributed by atoms with Crippen molar-refractivity contribution >= 4 is 11.8 Å². The monoisotopic (exact) mass is 347 g/mol. The molecule has 6 nitrogen and oxygen atoms in total. The van der Waals surface area contributed by atoms with Crippen molar-refractivity contribution in [3.8, 4) is 5.75 Å². The van der Waals surface area contributed by atoms with Gasteiger partial charge >= 0.3 is 0 Å². The predicted octanol–water partition coefficient (Wildman–Crippen LogP) is 1.50. The van der Waals surface area contributed by atoms with Gasteiger partial charge in [-0.3, -0.25) is 14.5 Å². The second-order valence-corrected chi connectivity index (χ2v) is 6.75. The third-order valence-electron chi connectivity index (χ3n) is 4.89. The van der Waals surface area contributed by atoms with Gasteiger partial charge in [-0.15, -0.1) is 0 Å². The molecule has 1 aliphatic rings. The lowest BCUT2D eigenvalue weighted by molar-refractivity contribution is -0.135. The molecule has 0 aliphatic carbocycles. The Morgan fingerprint density at radius 1 is 1.28 bits per heavy atom. The predicted molar refractivity (Wildman–Crippen MR) is 97.3 cm³/mol. The topological polar surface area (TPSA) is 61.9 Å². The molecule has 1 aromatic rings. The van der Waals surface area contributed by atoms with Crippen molar-refractivity contribution in [3.05, 3.63) is 29.8 Å². The fourth-order valence-corrected chi connectivity index (χ4v) is 3.24. The first-order valence-electron chi connectivity index (χ1n) is 8.78. The number of ether oxygens (including phenoxy) is 1. The lowest BCUT2D eigenvalue weighted by atomic mass is 9.94. The van der Waals surface area contributed by atoms with Crippen LogP contribution in [-0.2, 0) is 16.1 Å². The van der Waals surface area contributed by atoms with Crippen LogP contribution in [0, 0.1) is 5.92 Å². The maximum absolute atomic E-state index is 12.5. The highest BCUT2D eigenvalue weighted by Gasteiger charge is 2.30. The Bertz CT molecular complexity index is 595. The molecule has 2 amide bonds. The summed E-state index contributed by atoms with van der Waals surface area (Å²) in [4.78, 5) is 28.3. The number of carbonyl (C=O) groups excluding carboxylic acids is 2. The van der Waals surface area contributed by atoms with E-state index < -0.39 is 0 Å². The summed E-state index contributed by atoms with van der Waals surface area (Å²) < 4.78 is 5.31. The van der Waals surface area contributed by atoms with Gasteiger partial charge in [0.05, 0.1) is 13.2 Å². The molecule has 1 fully saturated rings. The Balaban J connectivity index is 1.84. The van der Waals surface area contributed by atoms with Crippen molar-refractivity contribution in [2.24, 2.45) is 5.92 Å². The third-order valence-corrected chi connectivity index (χ3v) is 4.89. The summed E-state index contributed by atoms with van der Waals surface area (Å²) in [6.45, 7) is 3.91. The van der Waals surface area contributed by atoms with Crippen molar-refractivity contribution in [2.75, 3.05) is 34.3 Å². The zero-order valence-electron chi connectivity index (χ0n) is 15.6. The van der Waals surface area contributed by atoms with Crippen molar-refractivity contribution in [3.63, 3.8) is 0 Å². The van der Waals surface area contributed by atoms with Crippen LogP contribution in [0.2, 0.25) is 0 Å². The number of nitrogens with zero attached hydrogens (tertiary/aromatic N) is 2. The maximum Gasteiger partial charge on any atom is 0.237 e. The van der Waals surface area contributed by atoms with Crippen LogP contribution in [0.1, 0.15) is 25.3 Å². The first-order valence-corrected chi connectivity index (χ1v) is 8.78. The normalized spacial score (nSPS) is 17.0. The molecule has 1 aliphatic heterocycles. The van der Waals surface area contributed by atoms with E-state index in [2.05, 4.69) is 10.2 Å². The van der Waals surface area contributed by atoms with E-state index in [0.29, 0.717) is 6.54 Å². The van der Waals surface area contributed by atoms with E-state index in [1.165, 1.54) is 0 Å². The zero-order chi connectivity index (χ0) is 18.4. The van der Waals surface area contributed by atoms with E-state index >= 15 is 0 Å². The number of likely N-dealkylation sites (tertiary alicyclic amines) is 1. The van der Waals surface area contributed by atoms with E-state index in [1.54, 1.807) is 26.1 Å². The number of para-hydroxylation sites is 1. The van der Waals surface area contributed by atoms with Gasteiger partial charge in [-0.25, -0.2) is 0 Å². The third kappa shape index (κ3) is 4.95. The fraction of sp³-hybridized carbons (Fsp3) is 0.579. The molecule has 0 saturated carbocycles. The van der Waals surface area contributed by atoms with Crippen molar-refractivity contribution in [1.82, 2.24) is 15.1 Å². The fourth-order valence-electron chi connectivity index (χ4n) is 3.24. The number of hydrogen-bond acceptors (Lipinski definition) is 4. The SMILES string of the molecule is COc1ccccc1CNC(=O)C(C)N1CCC(C(=O)N(C)C)CC1. The molecule has 1 unspecified atom stereocenters. The number of piperidine rings is 1. The van der Waals surface area contributed by atoms with Crippen LogP contribution >= 0.6 is 0 Å². The molecule has 0 radical (unpaired) electrons. The van der Waals surface area contributed by atoms with Gasteiger partial charge in [0.1, 0.15) is 5.75 Å². The minimum absolute atomic E-state index is 0.00305. The average Bonchev–Trinajstić information content (AvgIpc) is 2.65. The Labute approximate surface area is 150 Å². The van der Waals surface area contributed by atoms with Crippen LogP contribution in [0.15, 0.2) is 24.3 Å². The van der Waals surface area contributed by atoms with Crippen LogP contribution in [0.3, 0.4) is 0 Å². The van der Waals surface area contributed by atoms with Crippen LogP contribution in [0.25, 0.3) is 0 Å². The van der Waals surface area contributed by atoms with Crippen molar-refractivity contribution in [1.29, 1.82) is 0 Å². The summed E-state index contributed by atoms with van der Waals surface area (Å²) in [6.07, 6.45) is 1.61. The molecule has 1 heterocycles. The molecule has 25 heavy (non-hydrogen) atoms. The van der Waals surface area contributed by atoms with E-state index in [-0.39, 0.29) is 23.8 Å². The number of benzene rings is 1. The van der Waals surface area contributed by atoms with Gasteiger partial charge in [0.2, 0.25) is 11.8 Å². The van der Waals surface area contributed by atoms with E-state index in [4.69, 9.17) is 4.74 Å². The van der Waals surface area contributed by atoms with Gasteiger partial charge in [0.15, 0.2) is 0 Å². The Morgan fingerprint density at radius 3 is 2.52 bits per heavy atom. The molecule has 0 aromatic heterocycles. The van der Waals surface area contributed by atoms with Gasteiger partial charge in [-0.2, -0.15) is 0 Å². The van der Waals surface area contributed by atoms with Gasteiger partial charge in [0, 0.05) is 32.1 Å². The number of carbonyl (C=O) groups is 2. The largest absolute Gasteiger partial charge is 0.496 e. The molecule has 2 rings (SSSR count). The molecular weight excluding hydrogens is 318 g/mol. The number of amides is 2. The second-order valence-electron chi connectivity index (χ2n) is 6.75. The Morgan fingerprint density at radius 2 is 1.92 bits per heavy atom. The van der Waals surface area contributed by atoms with Gasteiger partial charge in [-0.1, -0.05) is 18.2 Å². The molecule has 1 saturated heterocycles. The van der Waals surface area contributed by atoms with Gasteiger partial charge < -0.3 is 15.0 Å². The van der Waals surface area contributed by atoms with Crippen LogP contribution < -0.4 is 10.1 Å². The molecular formula is C19H29N3O3. The maximum atomic E-state index is 12.5. The number of rotatable bonds is 6.